The summed E-state index contributed by atoms with van der Waals surface area (Å²) in [6.07, 6.45) is 3.10. The smallest absolute Gasteiger partial charge is 0.239 e. The van der Waals surface area contributed by atoms with Gasteiger partial charge in [-0.3, -0.25) is 9.59 Å². The maximum Gasteiger partial charge on any atom is 0.239 e. The number of ether oxygens (including phenoxy) is 1. The third kappa shape index (κ3) is 5.85. The lowest BCUT2D eigenvalue weighted by Gasteiger charge is -2.09. The Morgan fingerprint density at radius 3 is 2.71 bits per heavy atom. The maximum atomic E-state index is 11.6. The molecule has 0 atom stereocenters. The normalized spacial score (nSPS) is 13.6. The largest absolute Gasteiger partial charge is 0.493 e. The van der Waals surface area contributed by atoms with Gasteiger partial charge in [-0.25, -0.2) is 0 Å². The van der Waals surface area contributed by atoms with Gasteiger partial charge < -0.3 is 15.4 Å². The molecule has 0 heterocycles. The van der Waals surface area contributed by atoms with Crippen molar-refractivity contribution >= 4 is 11.8 Å². The number of amides is 2. The first-order valence-corrected chi connectivity index (χ1v) is 7.39. The topological polar surface area (TPSA) is 67.4 Å². The van der Waals surface area contributed by atoms with Gasteiger partial charge in [0.2, 0.25) is 11.8 Å². The molecule has 1 fully saturated rings. The Bertz CT molecular complexity index is 498. The number of nitrogens with one attached hydrogen (secondary N) is 2. The van der Waals surface area contributed by atoms with Gasteiger partial charge in [-0.05, 0) is 37.8 Å². The van der Waals surface area contributed by atoms with Crippen LogP contribution >= 0.6 is 0 Å². The zero-order valence-corrected chi connectivity index (χ0v) is 12.4. The molecule has 1 aliphatic rings. The second kappa shape index (κ2) is 7.67. The monoisotopic (exact) mass is 290 g/mol. The van der Waals surface area contributed by atoms with Crippen molar-refractivity contribution in [2.24, 2.45) is 0 Å². The number of benzene rings is 1. The van der Waals surface area contributed by atoms with Gasteiger partial charge in [-0.1, -0.05) is 18.2 Å². The first-order valence-electron chi connectivity index (χ1n) is 7.39. The Morgan fingerprint density at radius 1 is 1.24 bits per heavy atom. The molecular weight excluding hydrogens is 268 g/mol. The predicted octanol–water partition coefficient (Wildman–Crippen LogP) is 1.55. The van der Waals surface area contributed by atoms with Crippen LogP contribution in [0, 0.1) is 6.92 Å². The SMILES string of the molecule is Cc1ccccc1OCCCC(=O)NCC(=O)NC1CC1. The van der Waals surface area contributed by atoms with Gasteiger partial charge in [0.15, 0.2) is 0 Å². The van der Waals surface area contributed by atoms with Crippen LogP contribution in [0.3, 0.4) is 0 Å². The summed E-state index contributed by atoms with van der Waals surface area (Å²) in [4.78, 5) is 23.0. The number of carbonyl (C=O) groups excluding carboxylic acids is 2. The molecule has 0 aliphatic heterocycles. The number of rotatable bonds is 8. The van der Waals surface area contributed by atoms with Crippen LogP contribution in [-0.2, 0) is 9.59 Å². The summed E-state index contributed by atoms with van der Waals surface area (Å²) in [6.45, 7) is 2.54. The van der Waals surface area contributed by atoms with E-state index in [-0.39, 0.29) is 18.4 Å². The number of aryl methyl sites for hydroxylation is 1. The fourth-order valence-corrected chi connectivity index (χ4v) is 1.91. The summed E-state index contributed by atoms with van der Waals surface area (Å²) in [5, 5.41) is 5.44. The summed E-state index contributed by atoms with van der Waals surface area (Å²) in [5.74, 6) is 0.623. The Hall–Kier alpha value is -2.04. The molecule has 1 aromatic carbocycles. The molecule has 0 radical (unpaired) electrons. The number of hydrogen-bond acceptors (Lipinski definition) is 3. The van der Waals surface area contributed by atoms with Gasteiger partial charge in [0.05, 0.1) is 13.2 Å². The van der Waals surface area contributed by atoms with Crippen molar-refractivity contribution in [3.05, 3.63) is 29.8 Å². The van der Waals surface area contributed by atoms with E-state index < -0.39 is 0 Å². The summed E-state index contributed by atoms with van der Waals surface area (Å²) in [6, 6.07) is 8.12. The lowest BCUT2D eigenvalue weighted by atomic mass is 10.2. The molecule has 114 valence electrons. The standard InChI is InChI=1S/C16H22N2O3/c1-12-5-2-3-6-14(12)21-10-4-7-15(19)17-11-16(20)18-13-8-9-13/h2-3,5-6,13H,4,7-11H2,1H3,(H,17,19)(H,18,20). The summed E-state index contributed by atoms with van der Waals surface area (Å²) in [5.41, 5.74) is 1.08. The molecule has 0 bridgehead atoms. The van der Waals surface area contributed by atoms with Crippen molar-refractivity contribution in [1.29, 1.82) is 0 Å². The molecule has 0 aromatic heterocycles. The van der Waals surface area contributed by atoms with Crippen LogP contribution in [-0.4, -0.2) is 31.0 Å². The molecule has 2 amide bonds. The Labute approximate surface area is 125 Å². The molecular formula is C16H22N2O3. The second-order valence-electron chi connectivity index (χ2n) is 5.34. The van der Waals surface area contributed by atoms with Gasteiger partial charge in [0.1, 0.15) is 5.75 Å². The van der Waals surface area contributed by atoms with E-state index in [0.29, 0.717) is 25.5 Å². The van der Waals surface area contributed by atoms with Crippen LogP contribution in [0.1, 0.15) is 31.2 Å². The van der Waals surface area contributed by atoms with Gasteiger partial charge in [0, 0.05) is 12.5 Å². The van der Waals surface area contributed by atoms with Crippen molar-refractivity contribution < 1.29 is 14.3 Å². The summed E-state index contributed by atoms with van der Waals surface area (Å²) < 4.78 is 5.61. The van der Waals surface area contributed by atoms with E-state index in [9.17, 15) is 9.59 Å². The lowest BCUT2D eigenvalue weighted by Crippen LogP contribution is -2.37. The molecule has 2 N–H and O–H groups in total. The third-order valence-corrected chi connectivity index (χ3v) is 3.29. The number of hydrogen-bond donors (Lipinski definition) is 2. The number of carbonyl (C=O) groups is 2. The minimum atomic E-state index is -0.116. The first kappa shape index (κ1) is 15.4. The highest BCUT2D eigenvalue weighted by Crippen LogP contribution is 2.18. The Balaban J connectivity index is 1.54. The van der Waals surface area contributed by atoms with E-state index in [1.165, 1.54) is 0 Å². The molecule has 1 aliphatic carbocycles. The van der Waals surface area contributed by atoms with Crippen LogP contribution in [0.2, 0.25) is 0 Å². The fraction of sp³-hybridized carbons (Fsp3) is 0.500. The third-order valence-electron chi connectivity index (χ3n) is 3.29. The molecule has 0 saturated heterocycles. The molecule has 0 unspecified atom stereocenters. The van der Waals surface area contributed by atoms with Gasteiger partial charge in [0.25, 0.3) is 0 Å². The maximum absolute atomic E-state index is 11.6. The van der Waals surface area contributed by atoms with E-state index in [2.05, 4.69) is 10.6 Å². The Kier molecular flexibility index (Phi) is 5.60. The second-order valence-corrected chi connectivity index (χ2v) is 5.34. The summed E-state index contributed by atoms with van der Waals surface area (Å²) in [7, 11) is 0. The Morgan fingerprint density at radius 2 is 2.00 bits per heavy atom. The lowest BCUT2D eigenvalue weighted by molar-refractivity contribution is -0.126. The molecule has 21 heavy (non-hydrogen) atoms. The number of para-hydroxylation sites is 1. The minimum Gasteiger partial charge on any atom is -0.493 e. The highest BCUT2D eigenvalue weighted by molar-refractivity contribution is 5.84. The molecule has 1 aromatic rings. The molecule has 2 rings (SSSR count). The van der Waals surface area contributed by atoms with Crippen molar-refractivity contribution in [3.63, 3.8) is 0 Å². The van der Waals surface area contributed by atoms with Crippen LogP contribution in [0.4, 0.5) is 0 Å². The quantitative estimate of drug-likeness (QED) is 0.714. The van der Waals surface area contributed by atoms with Crippen molar-refractivity contribution in [2.75, 3.05) is 13.2 Å². The minimum absolute atomic E-state index is 0.0635. The van der Waals surface area contributed by atoms with Gasteiger partial charge >= 0.3 is 0 Å². The van der Waals surface area contributed by atoms with Crippen molar-refractivity contribution in [2.45, 2.75) is 38.6 Å². The van der Waals surface area contributed by atoms with E-state index >= 15 is 0 Å². The molecule has 0 spiro atoms. The predicted molar refractivity (Wildman–Crippen MR) is 80.1 cm³/mol. The highest BCUT2D eigenvalue weighted by atomic mass is 16.5. The van der Waals surface area contributed by atoms with E-state index in [1.807, 2.05) is 31.2 Å². The van der Waals surface area contributed by atoms with Gasteiger partial charge in [-0.15, -0.1) is 0 Å². The average Bonchev–Trinajstić information content (AvgIpc) is 3.27. The van der Waals surface area contributed by atoms with Crippen molar-refractivity contribution in [1.82, 2.24) is 10.6 Å². The molecule has 5 heteroatoms. The zero-order chi connectivity index (χ0) is 15.1. The van der Waals surface area contributed by atoms with E-state index in [4.69, 9.17) is 4.74 Å². The molecule has 1 saturated carbocycles. The van der Waals surface area contributed by atoms with Crippen LogP contribution in [0.15, 0.2) is 24.3 Å². The van der Waals surface area contributed by atoms with Gasteiger partial charge in [-0.2, -0.15) is 0 Å². The summed E-state index contributed by atoms with van der Waals surface area (Å²) >= 11 is 0. The van der Waals surface area contributed by atoms with Crippen LogP contribution in [0.5, 0.6) is 5.75 Å². The zero-order valence-electron chi connectivity index (χ0n) is 12.4. The van der Waals surface area contributed by atoms with Crippen molar-refractivity contribution in [3.8, 4) is 5.75 Å². The van der Waals surface area contributed by atoms with Crippen LogP contribution < -0.4 is 15.4 Å². The van der Waals surface area contributed by atoms with E-state index in [1.54, 1.807) is 0 Å². The van der Waals surface area contributed by atoms with Crippen LogP contribution in [0.25, 0.3) is 0 Å². The van der Waals surface area contributed by atoms with E-state index in [0.717, 1.165) is 24.2 Å². The highest BCUT2D eigenvalue weighted by Gasteiger charge is 2.23. The average molecular weight is 290 g/mol. The first-order chi connectivity index (χ1) is 10.1. The fourth-order valence-electron chi connectivity index (χ4n) is 1.91. The molecule has 5 nitrogen and oxygen atoms in total.